The molecule has 0 spiro atoms. The van der Waals surface area contributed by atoms with Crippen LogP contribution in [0.5, 0.6) is 5.75 Å². The molecule has 0 unspecified atom stereocenters. The number of amides is 1. The monoisotopic (exact) mass is 479 g/mol. The number of rotatable bonds is 3. The molecule has 8 nitrogen and oxygen atoms in total. The molecule has 1 fully saturated rings. The van der Waals surface area contributed by atoms with Gasteiger partial charge in [0.25, 0.3) is 0 Å². The number of methoxy groups -OCH3 is 1. The number of pyridine rings is 1. The van der Waals surface area contributed by atoms with Crippen molar-refractivity contribution in [3.63, 3.8) is 0 Å². The van der Waals surface area contributed by atoms with E-state index in [1.807, 2.05) is 51.1 Å². The van der Waals surface area contributed by atoms with Crippen molar-refractivity contribution in [3.8, 4) is 17.0 Å². The summed E-state index contributed by atoms with van der Waals surface area (Å²) in [5, 5.41) is 4.72. The number of fused-ring (bicyclic) bond motifs is 2. The van der Waals surface area contributed by atoms with Crippen LogP contribution in [0.4, 0.5) is 4.79 Å². The zero-order valence-corrected chi connectivity index (χ0v) is 21.0. The minimum absolute atomic E-state index is 0.221. The van der Waals surface area contributed by atoms with Crippen molar-refractivity contribution in [2.45, 2.75) is 52.1 Å². The van der Waals surface area contributed by atoms with Gasteiger partial charge >= 0.3 is 6.09 Å². The van der Waals surface area contributed by atoms with Crippen LogP contribution in [0.25, 0.3) is 27.1 Å². The zero-order valence-electron chi connectivity index (χ0n) is 20.2. The lowest BCUT2D eigenvalue weighted by Crippen LogP contribution is -2.41. The highest BCUT2D eigenvalue weighted by atomic mass is 32.1. The molecule has 0 N–H and O–H groups in total. The lowest BCUT2D eigenvalue weighted by molar-refractivity contribution is 0.0205. The Morgan fingerprint density at radius 1 is 1.18 bits per heavy atom. The molecule has 0 bridgehead atoms. The molecule has 5 heterocycles. The smallest absolute Gasteiger partial charge is 0.410 e. The Hall–Kier alpha value is -3.20. The van der Waals surface area contributed by atoms with Gasteiger partial charge in [0.1, 0.15) is 5.60 Å². The summed E-state index contributed by atoms with van der Waals surface area (Å²) in [4.78, 5) is 24.7. The number of imidazole rings is 1. The first kappa shape index (κ1) is 22.6. The average Bonchev–Trinajstić information content (AvgIpc) is 3.39. The molecule has 0 radical (unpaired) electrons. The lowest BCUT2D eigenvalue weighted by Gasteiger charge is -2.33. The number of aromatic nitrogens is 4. The van der Waals surface area contributed by atoms with Crippen LogP contribution in [-0.4, -0.2) is 56.4 Å². The highest BCUT2D eigenvalue weighted by Gasteiger charge is 2.28. The van der Waals surface area contributed by atoms with Gasteiger partial charge in [0, 0.05) is 35.8 Å². The Morgan fingerprint density at radius 2 is 1.94 bits per heavy atom. The van der Waals surface area contributed by atoms with E-state index in [-0.39, 0.29) is 6.09 Å². The predicted molar refractivity (Wildman–Crippen MR) is 133 cm³/mol. The van der Waals surface area contributed by atoms with Gasteiger partial charge in [-0.3, -0.25) is 4.98 Å². The molecular formula is C25H29N5O3S. The van der Waals surface area contributed by atoms with E-state index in [1.165, 1.54) is 4.88 Å². The molecule has 1 aliphatic rings. The number of ether oxygens (including phenoxy) is 2. The Labute approximate surface area is 202 Å². The maximum Gasteiger partial charge on any atom is 0.410 e. The van der Waals surface area contributed by atoms with E-state index in [0.29, 0.717) is 30.4 Å². The van der Waals surface area contributed by atoms with Gasteiger partial charge in [0.2, 0.25) is 0 Å². The fraction of sp³-hybridized carbons (Fsp3) is 0.440. The largest absolute Gasteiger partial charge is 0.493 e. The predicted octanol–water partition coefficient (Wildman–Crippen LogP) is 5.44. The molecule has 0 aromatic carbocycles. The molecular weight excluding hydrogens is 450 g/mol. The van der Waals surface area contributed by atoms with E-state index >= 15 is 0 Å². The second-order valence-electron chi connectivity index (χ2n) is 9.75. The van der Waals surface area contributed by atoms with Crippen LogP contribution in [-0.2, 0) is 4.74 Å². The average molecular weight is 480 g/mol. The molecule has 1 aliphatic heterocycles. The van der Waals surface area contributed by atoms with Gasteiger partial charge in [-0.05, 0) is 58.6 Å². The summed E-state index contributed by atoms with van der Waals surface area (Å²) in [5.41, 5.74) is 3.84. The van der Waals surface area contributed by atoms with Crippen molar-refractivity contribution in [2.75, 3.05) is 20.2 Å². The van der Waals surface area contributed by atoms with Crippen molar-refractivity contribution < 1.29 is 14.3 Å². The molecule has 0 atom stereocenters. The van der Waals surface area contributed by atoms with E-state index in [1.54, 1.807) is 23.0 Å². The van der Waals surface area contributed by atoms with Crippen LogP contribution in [0.2, 0.25) is 0 Å². The number of likely N-dealkylation sites (tertiary alicyclic amines) is 1. The first-order valence-electron chi connectivity index (χ1n) is 11.5. The maximum atomic E-state index is 12.4. The number of hydrogen-bond donors (Lipinski definition) is 0. The lowest BCUT2D eigenvalue weighted by atomic mass is 9.95. The Morgan fingerprint density at radius 3 is 2.65 bits per heavy atom. The van der Waals surface area contributed by atoms with Crippen LogP contribution in [0, 0.1) is 6.92 Å². The standard InChI is InChI=1S/C25H29N5O3S/c1-15-14-30-23(27-15)20(32-5)11-18(28-30)17-10-22-19(26-13-17)12-21(34-22)16-6-8-29(9-7-16)24(31)33-25(2,3)4/h10-14,16H,6-9H2,1-5H3. The Kier molecular flexibility index (Phi) is 5.67. The number of nitrogens with zero attached hydrogens (tertiary/aromatic N) is 5. The van der Waals surface area contributed by atoms with Gasteiger partial charge < -0.3 is 14.4 Å². The number of carbonyl (C=O) groups excluding carboxylic acids is 1. The topological polar surface area (TPSA) is 81.8 Å². The van der Waals surface area contributed by atoms with E-state index < -0.39 is 5.60 Å². The fourth-order valence-electron chi connectivity index (χ4n) is 4.31. The molecule has 4 aromatic rings. The molecule has 1 amide bonds. The van der Waals surface area contributed by atoms with Gasteiger partial charge in [-0.2, -0.15) is 5.10 Å². The normalized spacial score (nSPS) is 15.3. The zero-order chi connectivity index (χ0) is 24.0. The van der Waals surface area contributed by atoms with Gasteiger partial charge in [-0.15, -0.1) is 11.3 Å². The van der Waals surface area contributed by atoms with Gasteiger partial charge in [0.05, 0.1) is 34.9 Å². The fourth-order valence-corrected chi connectivity index (χ4v) is 5.53. The van der Waals surface area contributed by atoms with E-state index in [9.17, 15) is 4.79 Å². The molecule has 4 aromatic heterocycles. The minimum Gasteiger partial charge on any atom is -0.493 e. The molecule has 5 rings (SSSR count). The van der Waals surface area contributed by atoms with Gasteiger partial charge in [0.15, 0.2) is 11.4 Å². The second-order valence-corrected chi connectivity index (χ2v) is 10.9. The van der Waals surface area contributed by atoms with Crippen molar-refractivity contribution in [2.24, 2.45) is 0 Å². The summed E-state index contributed by atoms with van der Waals surface area (Å²) in [6.07, 6.45) is 5.38. The van der Waals surface area contributed by atoms with Crippen LogP contribution in [0.3, 0.4) is 0 Å². The molecule has 0 saturated carbocycles. The van der Waals surface area contributed by atoms with Crippen LogP contribution < -0.4 is 4.74 Å². The third kappa shape index (κ3) is 4.44. The summed E-state index contributed by atoms with van der Waals surface area (Å²) in [5.74, 6) is 1.10. The molecule has 178 valence electrons. The van der Waals surface area contributed by atoms with Crippen molar-refractivity contribution in [1.82, 2.24) is 24.5 Å². The Bertz CT molecular complexity index is 1360. The molecule has 34 heavy (non-hydrogen) atoms. The number of carbonyl (C=O) groups is 1. The van der Waals surface area contributed by atoms with Crippen LogP contribution >= 0.6 is 11.3 Å². The second kappa shape index (κ2) is 8.54. The SMILES string of the molecule is COc1cc(-c2cnc3cc(C4CCN(C(=O)OC(C)(C)C)CC4)sc3c2)nn2cc(C)nc12. The van der Waals surface area contributed by atoms with Crippen LogP contribution in [0.1, 0.15) is 50.1 Å². The highest BCUT2D eigenvalue weighted by Crippen LogP contribution is 2.37. The van der Waals surface area contributed by atoms with Crippen molar-refractivity contribution in [1.29, 1.82) is 0 Å². The summed E-state index contributed by atoms with van der Waals surface area (Å²) >= 11 is 1.77. The summed E-state index contributed by atoms with van der Waals surface area (Å²) in [6.45, 7) is 9.05. The highest BCUT2D eigenvalue weighted by molar-refractivity contribution is 7.19. The van der Waals surface area contributed by atoms with E-state index in [0.717, 1.165) is 40.0 Å². The first-order chi connectivity index (χ1) is 16.2. The number of thiophene rings is 1. The quantitative estimate of drug-likeness (QED) is 0.389. The van der Waals surface area contributed by atoms with Gasteiger partial charge in [-0.1, -0.05) is 0 Å². The Balaban J connectivity index is 1.36. The van der Waals surface area contributed by atoms with Gasteiger partial charge in [-0.25, -0.2) is 14.3 Å². The summed E-state index contributed by atoms with van der Waals surface area (Å²) < 4.78 is 14.0. The van der Waals surface area contributed by atoms with Crippen LogP contribution in [0.15, 0.2) is 30.6 Å². The number of piperidine rings is 1. The molecule has 9 heteroatoms. The summed E-state index contributed by atoms with van der Waals surface area (Å²) in [7, 11) is 1.64. The maximum absolute atomic E-state index is 12.4. The summed E-state index contributed by atoms with van der Waals surface area (Å²) in [6, 6.07) is 6.24. The number of hydrogen-bond acceptors (Lipinski definition) is 7. The minimum atomic E-state index is -0.469. The molecule has 1 saturated heterocycles. The first-order valence-corrected chi connectivity index (χ1v) is 12.3. The number of aryl methyl sites for hydroxylation is 1. The third-order valence-electron chi connectivity index (χ3n) is 5.97. The van der Waals surface area contributed by atoms with E-state index in [4.69, 9.17) is 19.6 Å². The van der Waals surface area contributed by atoms with E-state index in [2.05, 4.69) is 17.1 Å². The molecule has 0 aliphatic carbocycles. The van der Waals surface area contributed by atoms with Crippen molar-refractivity contribution in [3.05, 3.63) is 41.2 Å². The van der Waals surface area contributed by atoms with Crippen molar-refractivity contribution >= 4 is 33.3 Å². The third-order valence-corrected chi connectivity index (χ3v) is 7.20.